The van der Waals surface area contributed by atoms with E-state index in [4.69, 9.17) is 4.74 Å². The largest absolute Gasteiger partial charge is 0.389 e. The Morgan fingerprint density at radius 3 is 2.50 bits per heavy atom. The lowest BCUT2D eigenvalue weighted by Gasteiger charge is -2.33. The molecule has 1 atom stereocenters. The average molecular weight is 258 g/mol. The van der Waals surface area contributed by atoms with Gasteiger partial charge in [-0.15, -0.1) is 0 Å². The Hall–Kier alpha value is -0.160. The van der Waals surface area contributed by atoms with E-state index in [1.165, 1.54) is 12.8 Å². The molecule has 1 fully saturated rings. The fraction of sp³-hybridized carbons (Fsp3) is 1.00. The summed E-state index contributed by atoms with van der Waals surface area (Å²) in [6.45, 7) is 6.29. The highest BCUT2D eigenvalue weighted by Crippen LogP contribution is 2.20. The lowest BCUT2D eigenvalue weighted by atomic mass is 10.0. The Bertz CT molecular complexity index is 226. The molecule has 0 spiro atoms. The zero-order valence-corrected chi connectivity index (χ0v) is 12.4. The molecule has 4 nitrogen and oxygen atoms in total. The first kappa shape index (κ1) is 15.9. The van der Waals surface area contributed by atoms with Crippen molar-refractivity contribution in [1.29, 1.82) is 0 Å². The van der Waals surface area contributed by atoms with Crippen LogP contribution in [0.15, 0.2) is 0 Å². The van der Waals surface area contributed by atoms with Gasteiger partial charge in [0.2, 0.25) is 0 Å². The molecule has 0 amide bonds. The van der Waals surface area contributed by atoms with Crippen molar-refractivity contribution in [3.05, 3.63) is 0 Å². The maximum absolute atomic E-state index is 9.84. The zero-order valence-electron chi connectivity index (χ0n) is 12.4. The summed E-state index contributed by atoms with van der Waals surface area (Å²) in [5.41, 5.74) is 0.103. The average Bonchev–Trinajstić information content (AvgIpc) is 2.78. The minimum Gasteiger partial charge on any atom is -0.389 e. The van der Waals surface area contributed by atoms with Crippen molar-refractivity contribution in [2.24, 2.45) is 0 Å². The molecule has 0 aromatic carbocycles. The van der Waals surface area contributed by atoms with Gasteiger partial charge in [0.1, 0.15) is 0 Å². The molecule has 18 heavy (non-hydrogen) atoms. The molecule has 0 aromatic rings. The minimum absolute atomic E-state index is 0.103. The van der Waals surface area contributed by atoms with Crippen LogP contribution in [0.2, 0.25) is 0 Å². The second-order valence-corrected chi connectivity index (χ2v) is 6.23. The van der Waals surface area contributed by atoms with E-state index in [1.54, 1.807) is 0 Å². The monoisotopic (exact) mass is 258 g/mol. The number of ether oxygens (including phenoxy) is 1. The lowest BCUT2D eigenvalue weighted by Crippen LogP contribution is -2.48. The van der Waals surface area contributed by atoms with Crippen molar-refractivity contribution in [1.82, 2.24) is 10.2 Å². The molecule has 1 aliphatic rings. The first-order valence-corrected chi connectivity index (χ1v) is 7.09. The van der Waals surface area contributed by atoms with Crippen LogP contribution in [0.5, 0.6) is 0 Å². The van der Waals surface area contributed by atoms with Gasteiger partial charge in [-0.05, 0) is 40.8 Å². The number of rotatable bonds is 8. The predicted octanol–water partition coefficient (Wildman–Crippen LogP) is 1.24. The van der Waals surface area contributed by atoms with Gasteiger partial charge in [0, 0.05) is 18.6 Å². The highest BCUT2D eigenvalue weighted by molar-refractivity contribution is 4.80. The van der Waals surface area contributed by atoms with E-state index in [0.717, 1.165) is 19.4 Å². The van der Waals surface area contributed by atoms with Gasteiger partial charge >= 0.3 is 0 Å². The molecule has 0 radical (unpaired) electrons. The molecular weight excluding hydrogens is 228 g/mol. The summed E-state index contributed by atoms with van der Waals surface area (Å²) >= 11 is 0. The van der Waals surface area contributed by atoms with Gasteiger partial charge in [0.05, 0.1) is 18.8 Å². The van der Waals surface area contributed by atoms with E-state index in [2.05, 4.69) is 38.2 Å². The van der Waals surface area contributed by atoms with E-state index in [1.807, 2.05) is 0 Å². The highest BCUT2D eigenvalue weighted by Gasteiger charge is 2.20. The Morgan fingerprint density at radius 1 is 1.33 bits per heavy atom. The van der Waals surface area contributed by atoms with Crippen molar-refractivity contribution in [3.63, 3.8) is 0 Å². The molecule has 1 unspecified atom stereocenters. The van der Waals surface area contributed by atoms with Crippen molar-refractivity contribution in [3.8, 4) is 0 Å². The number of aliphatic hydroxyl groups is 1. The summed E-state index contributed by atoms with van der Waals surface area (Å²) in [5.74, 6) is 0. The topological polar surface area (TPSA) is 44.7 Å². The van der Waals surface area contributed by atoms with Gasteiger partial charge in [0.25, 0.3) is 0 Å². The van der Waals surface area contributed by atoms with Gasteiger partial charge in [-0.3, -0.25) is 0 Å². The third-order valence-electron chi connectivity index (χ3n) is 3.97. The molecule has 1 saturated carbocycles. The van der Waals surface area contributed by atoms with Crippen LogP contribution in [0.3, 0.4) is 0 Å². The van der Waals surface area contributed by atoms with Crippen molar-refractivity contribution in [2.75, 3.05) is 33.8 Å². The molecule has 0 bridgehead atoms. The van der Waals surface area contributed by atoms with Crippen molar-refractivity contribution in [2.45, 2.75) is 57.3 Å². The van der Waals surface area contributed by atoms with Crippen LogP contribution in [0.25, 0.3) is 0 Å². The van der Waals surface area contributed by atoms with Crippen LogP contribution in [0, 0.1) is 0 Å². The lowest BCUT2D eigenvalue weighted by molar-refractivity contribution is -0.00625. The molecular formula is C14H30N2O2. The van der Waals surface area contributed by atoms with E-state index < -0.39 is 6.10 Å². The predicted molar refractivity (Wildman–Crippen MR) is 74.9 cm³/mol. The number of likely N-dealkylation sites (N-methyl/N-ethyl adjacent to an activating group) is 1. The van der Waals surface area contributed by atoms with Gasteiger partial charge < -0.3 is 20.1 Å². The Labute approximate surface area is 112 Å². The van der Waals surface area contributed by atoms with Crippen LogP contribution in [0.1, 0.15) is 39.5 Å². The summed E-state index contributed by atoms with van der Waals surface area (Å²) in [5, 5.41) is 13.2. The molecule has 1 rings (SSSR count). The van der Waals surface area contributed by atoms with Crippen molar-refractivity contribution >= 4 is 0 Å². The van der Waals surface area contributed by atoms with Gasteiger partial charge in [0.15, 0.2) is 0 Å². The van der Waals surface area contributed by atoms with Crippen molar-refractivity contribution < 1.29 is 9.84 Å². The van der Waals surface area contributed by atoms with Crippen LogP contribution >= 0.6 is 0 Å². The van der Waals surface area contributed by atoms with E-state index >= 15 is 0 Å². The Kier molecular flexibility index (Phi) is 6.57. The number of hydrogen-bond donors (Lipinski definition) is 2. The molecule has 1 aliphatic carbocycles. The summed E-state index contributed by atoms with van der Waals surface area (Å²) < 4.78 is 5.69. The first-order valence-electron chi connectivity index (χ1n) is 7.09. The van der Waals surface area contributed by atoms with Crippen LogP contribution in [-0.4, -0.2) is 61.5 Å². The second-order valence-electron chi connectivity index (χ2n) is 6.23. The van der Waals surface area contributed by atoms with E-state index in [0.29, 0.717) is 19.3 Å². The fourth-order valence-corrected chi connectivity index (χ4v) is 2.06. The van der Waals surface area contributed by atoms with E-state index in [-0.39, 0.29) is 5.54 Å². The van der Waals surface area contributed by atoms with Gasteiger partial charge in [-0.25, -0.2) is 0 Å². The molecule has 2 N–H and O–H groups in total. The van der Waals surface area contributed by atoms with Crippen LogP contribution < -0.4 is 5.32 Å². The second kappa shape index (κ2) is 7.43. The fourth-order valence-electron chi connectivity index (χ4n) is 2.06. The number of nitrogens with zero attached hydrogens (tertiary/aromatic N) is 1. The first-order chi connectivity index (χ1) is 8.42. The summed E-state index contributed by atoms with van der Waals surface area (Å²) in [4.78, 5) is 2.18. The quantitative estimate of drug-likeness (QED) is 0.687. The summed E-state index contributed by atoms with van der Waals surface area (Å²) in [6, 6.07) is 0. The normalized spacial score (nSPS) is 19.7. The highest BCUT2D eigenvalue weighted by atomic mass is 16.5. The Morgan fingerprint density at radius 2 is 1.94 bits per heavy atom. The number of hydrogen-bond acceptors (Lipinski definition) is 4. The summed E-state index contributed by atoms with van der Waals surface area (Å²) in [6.07, 6.45) is 4.86. The van der Waals surface area contributed by atoms with Crippen LogP contribution in [-0.2, 0) is 4.74 Å². The zero-order chi connectivity index (χ0) is 13.6. The Balaban J connectivity index is 2.07. The number of nitrogens with one attached hydrogen (secondary N) is 1. The smallest absolute Gasteiger partial charge is 0.0897 e. The maximum Gasteiger partial charge on any atom is 0.0897 e. The molecule has 0 aliphatic heterocycles. The molecule has 4 heteroatoms. The standard InChI is InChI=1S/C14H30N2O2/c1-14(2,16(3)4)11-15-9-12(17)10-18-13-7-5-6-8-13/h12-13,15,17H,5-11H2,1-4H3. The molecule has 0 heterocycles. The minimum atomic E-state index is -0.399. The van der Waals surface area contributed by atoms with Crippen LogP contribution in [0.4, 0.5) is 0 Å². The van der Waals surface area contributed by atoms with E-state index in [9.17, 15) is 5.11 Å². The van der Waals surface area contributed by atoms with Gasteiger partial charge in [-0.1, -0.05) is 12.8 Å². The molecule has 108 valence electrons. The number of aliphatic hydroxyl groups excluding tert-OH is 1. The third kappa shape index (κ3) is 5.65. The summed E-state index contributed by atoms with van der Waals surface area (Å²) in [7, 11) is 4.14. The van der Waals surface area contributed by atoms with Gasteiger partial charge in [-0.2, -0.15) is 0 Å². The third-order valence-corrected chi connectivity index (χ3v) is 3.97. The molecule has 0 aromatic heterocycles. The SMILES string of the molecule is CN(C)C(C)(C)CNCC(O)COC1CCCC1. The maximum atomic E-state index is 9.84. The molecule has 0 saturated heterocycles.